The summed E-state index contributed by atoms with van der Waals surface area (Å²) >= 11 is 6.77. The summed E-state index contributed by atoms with van der Waals surface area (Å²) in [5, 5.41) is 14.4. The highest BCUT2D eigenvalue weighted by Crippen LogP contribution is 2.18. The summed E-state index contributed by atoms with van der Waals surface area (Å²) in [4.78, 5) is 0. The largest absolute Gasteiger partial charge is 0.221 e. The van der Waals surface area contributed by atoms with Crippen LogP contribution in [0.2, 0.25) is 5.15 Å². The number of rotatable bonds is 0. The van der Waals surface area contributed by atoms with Crippen LogP contribution in [0.3, 0.4) is 0 Å². The van der Waals surface area contributed by atoms with Crippen LogP contribution in [0.1, 0.15) is 0 Å². The fourth-order valence-corrected chi connectivity index (χ4v) is 1.23. The van der Waals surface area contributed by atoms with Crippen molar-refractivity contribution in [1.29, 1.82) is 0 Å². The second kappa shape index (κ2) is 2.06. The van der Waals surface area contributed by atoms with Gasteiger partial charge in [-0.15, -0.1) is 15.3 Å². The van der Waals surface area contributed by atoms with E-state index in [1.54, 1.807) is 0 Å². The molecule has 2 rings (SSSR count). The van der Waals surface area contributed by atoms with Crippen LogP contribution in [0, 0.1) is 0 Å². The zero-order valence-electron chi connectivity index (χ0n) is 4.52. The molecule has 7 heteroatoms. The Morgan fingerprint density at radius 1 is 1.20 bits per heavy atom. The van der Waals surface area contributed by atoms with Crippen LogP contribution in [0.4, 0.5) is 0 Å². The predicted molar refractivity (Wildman–Crippen MR) is 35.8 cm³/mol. The van der Waals surface area contributed by atoms with Crippen molar-refractivity contribution in [1.82, 2.24) is 25.0 Å². The van der Waals surface area contributed by atoms with Gasteiger partial charge in [-0.3, -0.25) is 0 Å². The van der Waals surface area contributed by atoms with Gasteiger partial charge in [0.25, 0.3) is 0 Å². The summed E-state index contributed by atoms with van der Waals surface area (Å²) < 4.78 is 4.30. The highest BCUT2D eigenvalue weighted by Gasteiger charge is 2.04. The minimum absolute atomic E-state index is 0.306. The molecule has 2 heterocycles. The maximum atomic E-state index is 5.62. The van der Waals surface area contributed by atoms with E-state index in [-0.39, 0.29) is 0 Å². The fraction of sp³-hybridized carbons (Fsp3) is 0. The van der Waals surface area contributed by atoms with Crippen molar-refractivity contribution < 1.29 is 0 Å². The fourth-order valence-electron chi connectivity index (χ4n) is 0.531. The molecule has 10 heavy (non-hydrogen) atoms. The van der Waals surface area contributed by atoms with E-state index in [4.69, 9.17) is 11.6 Å². The highest BCUT2D eigenvalue weighted by molar-refractivity contribution is 7.13. The van der Waals surface area contributed by atoms with E-state index in [1.165, 1.54) is 0 Å². The van der Waals surface area contributed by atoms with E-state index >= 15 is 0 Å². The van der Waals surface area contributed by atoms with Crippen molar-refractivity contribution in [2.45, 2.75) is 0 Å². The summed E-state index contributed by atoms with van der Waals surface area (Å²) in [6, 6.07) is 0. The van der Waals surface area contributed by atoms with E-state index in [2.05, 4.69) is 25.0 Å². The third-order valence-corrected chi connectivity index (χ3v) is 2.03. The van der Waals surface area contributed by atoms with Crippen molar-refractivity contribution >= 4 is 33.5 Å². The van der Waals surface area contributed by atoms with E-state index in [0.717, 1.165) is 11.5 Å². The minimum Gasteiger partial charge on any atom is -0.116 e. The van der Waals surface area contributed by atoms with Crippen LogP contribution in [-0.4, -0.2) is 25.0 Å². The van der Waals surface area contributed by atoms with Crippen molar-refractivity contribution in [3.05, 3.63) is 5.15 Å². The SMILES string of the molecule is Clc1nnnc2nnsc12. The molecule has 0 fully saturated rings. The summed E-state index contributed by atoms with van der Waals surface area (Å²) in [7, 11) is 0. The smallest absolute Gasteiger partial charge is 0.116 e. The first-order valence-corrected chi connectivity index (χ1v) is 3.50. The molecule has 0 saturated heterocycles. The van der Waals surface area contributed by atoms with E-state index in [0.29, 0.717) is 15.5 Å². The van der Waals surface area contributed by atoms with Crippen LogP contribution in [0.5, 0.6) is 0 Å². The molecular weight excluding hydrogens is 174 g/mol. The van der Waals surface area contributed by atoms with Gasteiger partial charge in [-0.25, -0.2) is 0 Å². The van der Waals surface area contributed by atoms with Crippen LogP contribution in [0.15, 0.2) is 0 Å². The Kier molecular flexibility index (Phi) is 1.21. The Morgan fingerprint density at radius 3 is 2.90 bits per heavy atom. The topological polar surface area (TPSA) is 64.5 Å². The lowest BCUT2D eigenvalue weighted by Gasteiger charge is -1.82. The van der Waals surface area contributed by atoms with Gasteiger partial charge in [0.2, 0.25) is 5.65 Å². The second-order valence-electron chi connectivity index (χ2n) is 1.51. The Hall–Kier alpha value is -0.880. The van der Waals surface area contributed by atoms with Gasteiger partial charge in [0.15, 0.2) is 5.15 Å². The van der Waals surface area contributed by atoms with Gasteiger partial charge in [-0.2, -0.15) is 0 Å². The van der Waals surface area contributed by atoms with Gasteiger partial charge in [0.05, 0.1) is 0 Å². The Bertz CT molecular complexity index is 358. The highest BCUT2D eigenvalue weighted by atomic mass is 35.5. The molecule has 0 spiro atoms. The number of aromatic nitrogens is 5. The minimum atomic E-state index is 0.306. The Labute approximate surface area is 64.2 Å². The molecule has 0 unspecified atom stereocenters. The number of hydrogen-bond donors (Lipinski definition) is 0. The Morgan fingerprint density at radius 2 is 2.10 bits per heavy atom. The summed E-state index contributed by atoms with van der Waals surface area (Å²) in [6.07, 6.45) is 0. The predicted octanol–water partition coefficient (Wildman–Crippen LogP) is 0.530. The lowest BCUT2D eigenvalue weighted by atomic mass is 10.7. The van der Waals surface area contributed by atoms with Gasteiger partial charge in [-0.05, 0) is 16.7 Å². The van der Waals surface area contributed by atoms with Crippen molar-refractivity contribution in [2.24, 2.45) is 0 Å². The molecule has 5 nitrogen and oxygen atoms in total. The molecule has 0 radical (unpaired) electrons. The molecule has 0 aromatic carbocycles. The molecule has 50 valence electrons. The lowest BCUT2D eigenvalue weighted by Crippen LogP contribution is -1.86. The number of fused-ring (bicyclic) bond motifs is 1. The van der Waals surface area contributed by atoms with Crippen LogP contribution >= 0.6 is 23.1 Å². The summed E-state index contributed by atoms with van der Waals surface area (Å²) in [6.45, 7) is 0. The molecule has 2 aromatic heterocycles. The van der Waals surface area contributed by atoms with Crippen molar-refractivity contribution in [2.75, 3.05) is 0 Å². The first kappa shape index (κ1) is 5.87. The molecule has 0 N–H and O–H groups in total. The zero-order chi connectivity index (χ0) is 6.97. The number of nitrogens with zero attached hydrogens (tertiary/aromatic N) is 5. The van der Waals surface area contributed by atoms with E-state index in [1.807, 2.05) is 0 Å². The van der Waals surface area contributed by atoms with Crippen molar-refractivity contribution in [3.63, 3.8) is 0 Å². The van der Waals surface area contributed by atoms with Gasteiger partial charge in [0, 0.05) is 0 Å². The molecule has 0 aliphatic rings. The maximum absolute atomic E-state index is 5.62. The molecule has 0 aliphatic carbocycles. The normalized spacial score (nSPS) is 10.5. The molecule has 0 atom stereocenters. The van der Waals surface area contributed by atoms with Crippen LogP contribution < -0.4 is 0 Å². The number of halogens is 1. The molecule has 0 amide bonds. The van der Waals surface area contributed by atoms with E-state index < -0.39 is 0 Å². The van der Waals surface area contributed by atoms with Gasteiger partial charge in [-0.1, -0.05) is 16.1 Å². The average molecular weight is 174 g/mol. The van der Waals surface area contributed by atoms with E-state index in [9.17, 15) is 0 Å². The number of hydrogen-bond acceptors (Lipinski definition) is 6. The first-order valence-electron chi connectivity index (χ1n) is 2.35. The average Bonchev–Trinajstić information content (AvgIpc) is 2.36. The van der Waals surface area contributed by atoms with Crippen LogP contribution in [-0.2, 0) is 0 Å². The molecule has 0 saturated carbocycles. The van der Waals surface area contributed by atoms with Crippen LogP contribution in [0.25, 0.3) is 10.3 Å². The van der Waals surface area contributed by atoms with Crippen molar-refractivity contribution in [3.8, 4) is 0 Å². The second-order valence-corrected chi connectivity index (χ2v) is 2.62. The zero-order valence-corrected chi connectivity index (χ0v) is 6.09. The maximum Gasteiger partial charge on any atom is 0.221 e. The van der Waals surface area contributed by atoms with Gasteiger partial charge < -0.3 is 0 Å². The lowest BCUT2D eigenvalue weighted by molar-refractivity contribution is 0.884. The third kappa shape index (κ3) is 0.729. The third-order valence-electron chi connectivity index (χ3n) is 0.930. The first-order chi connectivity index (χ1) is 4.88. The van der Waals surface area contributed by atoms with Gasteiger partial charge >= 0.3 is 0 Å². The van der Waals surface area contributed by atoms with Gasteiger partial charge in [0.1, 0.15) is 4.70 Å². The molecular formula is C3ClN5S. The quantitative estimate of drug-likeness (QED) is 0.582. The summed E-state index contributed by atoms with van der Waals surface area (Å²) in [5.74, 6) is 0. The monoisotopic (exact) mass is 173 g/mol. The molecule has 0 aliphatic heterocycles. The Balaban J connectivity index is 2.95. The molecule has 2 aromatic rings. The molecule has 0 bridgehead atoms. The summed E-state index contributed by atoms with van der Waals surface area (Å²) in [5.41, 5.74) is 0.449. The standard InChI is InChI=1S/C3ClN5S/c4-2-1-3(6-8-5-2)7-9-10-1.